The van der Waals surface area contributed by atoms with Crippen molar-refractivity contribution in [2.24, 2.45) is 0 Å². The number of sulfonamides is 2. The first-order valence-corrected chi connectivity index (χ1v) is 13.0. The molecule has 0 radical (unpaired) electrons. The molecule has 1 saturated heterocycles. The number of piperidine rings is 1. The summed E-state index contributed by atoms with van der Waals surface area (Å²) in [7, 11) is -8.39. The number of rotatable bonds is 5. The fourth-order valence-corrected chi connectivity index (χ4v) is 6.72. The monoisotopic (exact) mass is 551 g/mol. The molecular weight excluding hydrogens is 535 g/mol. The van der Waals surface area contributed by atoms with Crippen LogP contribution in [-0.2, 0) is 26.2 Å². The highest BCUT2D eigenvalue weighted by molar-refractivity contribution is 9.10. The summed E-state index contributed by atoms with van der Waals surface area (Å²) in [5, 5.41) is 8.96. The average Bonchev–Trinajstić information content (AvgIpc) is 2.73. The molecule has 0 atom stereocenters. The van der Waals surface area contributed by atoms with Crippen molar-refractivity contribution in [2.45, 2.75) is 34.9 Å². The molecule has 1 aliphatic rings. The van der Waals surface area contributed by atoms with E-state index < -0.39 is 42.7 Å². The highest BCUT2D eigenvalue weighted by Gasteiger charge is 2.38. The number of nitrogens with one attached hydrogen (secondary N) is 1. The largest absolute Gasteiger partial charge is 0.417 e. The topological polar surface area (TPSA) is 107 Å². The summed E-state index contributed by atoms with van der Waals surface area (Å²) in [6.07, 6.45) is -4.72. The maximum Gasteiger partial charge on any atom is 0.417 e. The second-order valence-electron chi connectivity index (χ2n) is 7.08. The van der Waals surface area contributed by atoms with Crippen LogP contribution in [-0.4, -0.2) is 40.3 Å². The predicted molar refractivity (Wildman–Crippen MR) is 112 cm³/mol. The maximum atomic E-state index is 13.3. The third-order valence-electron chi connectivity index (χ3n) is 4.91. The van der Waals surface area contributed by atoms with Crippen molar-refractivity contribution in [3.8, 4) is 6.07 Å². The number of hydrogen-bond donors (Lipinski definition) is 1. The van der Waals surface area contributed by atoms with Gasteiger partial charge >= 0.3 is 6.18 Å². The Balaban J connectivity index is 1.75. The van der Waals surface area contributed by atoms with Gasteiger partial charge in [-0.05, 0) is 49.2 Å². The SMILES string of the molecule is N#Cc1cccc(S(=O)(=O)N2CCC(NS(=O)(=O)c3ccc(Br)cc3C(F)(F)F)CC2)c1. The van der Waals surface area contributed by atoms with Crippen LogP contribution in [0.3, 0.4) is 0 Å². The molecule has 0 unspecified atom stereocenters. The smallest absolute Gasteiger partial charge is 0.208 e. The first-order chi connectivity index (χ1) is 14.8. The molecule has 7 nitrogen and oxygen atoms in total. The van der Waals surface area contributed by atoms with Gasteiger partial charge in [0.15, 0.2) is 0 Å². The van der Waals surface area contributed by atoms with Gasteiger partial charge in [0.25, 0.3) is 0 Å². The summed E-state index contributed by atoms with van der Waals surface area (Å²) >= 11 is 2.91. The number of nitrogens with zero attached hydrogens (tertiary/aromatic N) is 2. The van der Waals surface area contributed by atoms with Gasteiger partial charge in [-0.15, -0.1) is 0 Å². The lowest BCUT2D eigenvalue weighted by atomic mass is 10.1. The lowest BCUT2D eigenvalue weighted by molar-refractivity contribution is -0.139. The maximum absolute atomic E-state index is 13.3. The molecule has 32 heavy (non-hydrogen) atoms. The van der Waals surface area contributed by atoms with Crippen molar-refractivity contribution < 1.29 is 30.0 Å². The van der Waals surface area contributed by atoms with Crippen LogP contribution in [0, 0.1) is 11.3 Å². The number of halogens is 4. The Hall–Kier alpha value is -1.98. The molecule has 0 aliphatic carbocycles. The van der Waals surface area contributed by atoms with E-state index in [9.17, 15) is 30.0 Å². The van der Waals surface area contributed by atoms with Gasteiger partial charge in [-0.3, -0.25) is 0 Å². The van der Waals surface area contributed by atoms with Crippen LogP contribution in [0.1, 0.15) is 24.0 Å². The molecule has 13 heteroatoms. The number of hydrogen-bond acceptors (Lipinski definition) is 5. The second kappa shape index (κ2) is 9.11. The minimum absolute atomic E-state index is 0.0290. The minimum atomic E-state index is -4.87. The first kappa shape index (κ1) is 24.7. The molecule has 1 aliphatic heterocycles. The van der Waals surface area contributed by atoms with Gasteiger partial charge in [0.05, 0.1) is 27.0 Å². The zero-order chi connectivity index (χ0) is 23.7. The summed E-state index contributed by atoms with van der Waals surface area (Å²) in [4.78, 5) is -0.947. The molecule has 0 bridgehead atoms. The molecule has 0 spiro atoms. The zero-order valence-electron chi connectivity index (χ0n) is 16.3. The lowest BCUT2D eigenvalue weighted by Crippen LogP contribution is -2.46. The first-order valence-electron chi connectivity index (χ1n) is 9.24. The fourth-order valence-electron chi connectivity index (χ4n) is 3.33. The quantitative estimate of drug-likeness (QED) is 0.612. The lowest BCUT2D eigenvalue weighted by Gasteiger charge is -2.31. The van der Waals surface area contributed by atoms with Crippen molar-refractivity contribution in [3.63, 3.8) is 0 Å². The van der Waals surface area contributed by atoms with Crippen LogP contribution >= 0.6 is 15.9 Å². The molecule has 1 fully saturated rings. The predicted octanol–water partition coefficient (Wildman–Crippen LogP) is 3.47. The highest BCUT2D eigenvalue weighted by Crippen LogP contribution is 2.36. The van der Waals surface area contributed by atoms with Crippen molar-refractivity contribution in [3.05, 3.63) is 58.1 Å². The Morgan fingerprint density at radius 3 is 2.31 bits per heavy atom. The molecule has 2 aromatic carbocycles. The van der Waals surface area contributed by atoms with Crippen molar-refractivity contribution in [2.75, 3.05) is 13.1 Å². The van der Waals surface area contributed by atoms with Gasteiger partial charge in [0, 0.05) is 23.6 Å². The van der Waals surface area contributed by atoms with E-state index in [0.29, 0.717) is 6.07 Å². The van der Waals surface area contributed by atoms with Crippen LogP contribution in [0.15, 0.2) is 56.7 Å². The fraction of sp³-hybridized carbons (Fsp3) is 0.316. The Morgan fingerprint density at radius 1 is 1.06 bits per heavy atom. The van der Waals surface area contributed by atoms with Crippen molar-refractivity contribution in [1.29, 1.82) is 5.26 Å². The van der Waals surface area contributed by atoms with E-state index in [4.69, 9.17) is 5.26 Å². The van der Waals surface area contributed by atoms with Crippen LogP contribution in [0.4, 0.5) is 13.2 Å². The Morgan fingerprint density at radius 2 is 1.72 bits per heavy atom. The normalized spacial score (nSPS) is 16.6. The van der Waals surface area contributed by atoms with E-state index >= 15 is 0 Å². The van der Waals surface area contributed by atoms with Gasteiger partial charge < -0.3 is 0 Å². The second-order valence-corrected chi connectivity index (χ2v) is 11.6. The van der Waals surface area contributed by atoms with Crippen molar-refractivity contribution >= 4 is 36.0 Å². The Labute approximate surface area is 192 Å². The van der Waals surface area contributed by atoms with E-state index in [1.165, 1.54) is 30.3 Å². The van der Waals surface area contributed by atoms with Gasteiger partial charge in [-0.25, -0.2) is 21.6 Å². The van der Waals surface area contributed by atoms with Crippen molar-refractivity contribution in [1.82, 2.24) is 9.03 Å². The van der Waals surface area contributed by atoms with E-state index in [1.54, 1.807) is 0 Å². The molecule has 1 heterocycles. The van der Waals surface area contributed by atoms with Crippen LogP contribution in [0.5, 0.6) is 0 Å². The molecule has 0 amide bonds. The van der Waals surface area contributed by atoms with Gasteiger partial charge in [0.1, 0.15) is 0 Å². The molecule has 1 N–H and O–H groups in total. The highest BCUT2D eigenvalue weighted by atomic mass is 79.9. The zero-order valence-corrected chi connectivity index (χ0v) is 19.5. The van der Waals surface area contributed by atoms with Crippen LogP contribution in [0.25, 0.3) is 0 Å². The van der Waals surface area contributed by atoms with Gasteiger partial charge in [0.2, 0.25) is 20.0 Å². The summed E-state index contributed by atoms with van der Waals surface area (Å²) in [6, 6.07) is 9.42. The van der Waals surface area contributed by atoms with Gasteiger partial charge in [-0.1, -0.05) is 22.0 Å². The van der Waals surface area contributed by atoms with E-state index in [-0.39, 0.29) is 40.9 Å². The van der Waals surface area contributed by atoms with Gasteiger partial charge in [-0.2, -0.15) is 22.7 Å². The van der Waals surface area contributed by atoms with E-state index in [1.807, 2.05) is 6.07 Å². The third-order valence-corrected chi connectivity index (χ3v) is 8.88. The summed E-state index contributed by atoms with van der Waals surface area (Å²) in [5.74, 6) is 0. The average molecular weight is 552 g/mol. The number of alkyl halides is 3. The third kappa shape index (κ3) is 5.32. The van der Waals surface area contributed by atoms with Crippen LogP contribution < -0.4 is 4.72 Å². The molecule has 3 rings (SSSR count). The Bertz CT molecular complexity index is 1270. The number of nitriles is 1. The molecule has 0 saturated carbocycles. The molecule has 2 aromatic rings. The van der Waals surface area contributed by atoms with Crippen LogP contribution in [0.2, 0.25) is 0 Å². The summed E-state index contributed by atoms with van der Waals surface area (Å²) < 4.78 is 94.4. The Kier molecular flexibility index (Phi) is 7.02. The molecular formula is C19H17BrF3N3O4S2. The minimum Gasteiger partial charge on any atom is -0.208 e. The summed E-state index contributed by atoms with van der Waals surface area (Å²) in [5.41, 5.74) is -1.11. The van der Waals surface area contributed by atoms with E-state index in [0.717, 1.165) is 10.4 Å². The molecule has 0 aromatic heterocycles. The summed E-state index contributed by atoms with van der Waals surface area (Å²) in [6.45, 7) is -0.0580. The number of benzene rings is 2. The standard InChI is InChI=1S/C19H17BrF3N3O4S2/c20-14-4-5-18(17(11-14)19(21,22)23)31(27,28)25-15-6-8-26(9-7-15)32(29,30)16-3-1-2-13(10-16)12-24/h1-5,10-11,15,25H,6-9H2. The van der Waals surface area contributed by atoms with E-state index in [2.05, 4.69) is 20.7 Å². The molecule has 172 valence electrons.